The largest absolute Gasteiger partial charge is 0.507 e. The molecule has 24 heteroatoms. The average molecular weight is 1430 g/mol. The Hall–Kier alpha value is -12.0. The molecule has 8 aromatic carbocycles. The van der Waals surface area contributed by atoms with Crippen LogP contribution in [0.1, 0.15) is 117 Å². The molecule has 0 atom stereocenters. The summed E-state index contributed by atoms with van der Waals surface area (Å²) in [6, 6.07) is 51.6. The average Bonchev–Trinajstić information content (AvgIpc) is 0.814. The van der Waals surface area contributed by atoms with E-state index in [4.69, 9.17) is 28.8 Å². The number of nitrogens with zero attached hydrogens (tertiary/aromatic N) is 7. The summed E-state index contributed by atoms with van der Waals surface area (Å²) < 4.78 is 30.1. The van der Waals surface area contributed by atoms with Crippen LogP contribution in [-0.2, 0) is 11.8 Å². The monoisotopic (exact) mass is 1420 g/mol. The van der Waals surface area contributed by atoms with Crippen molar-refractivity contribution in [2.45, 2.75) is 73.8 Å². The lowest BCUT2D eigenvalue weighted by molar-refractivity contribution is 0.0599. The van der Waals surface area contributed by atoms with Gasteiger partial charge < -0.3 is 70.5 Å². The van der Waals surface area contributed by atoms with Crippen molar-refractivity contribution in [1.29, 1.82) is 0 Å². The highest BCUT2D eigenvalue weighted by Gasteiger charge is 2.42. The first kappa shape index (κ1) is 69.7. The zero-order chi connectivity index (χ0) is 73.0. The van der Waals surface area contributed by atoms with E-state index >= 15 is 0 Å². The number of benzene rings is 8. The molecule has 0 bridgehead atoms. The summed E-state index contributed by atoms with van der Waals surface area (Å²) in [7, 11) is 3.11. The molecular formula is C82H80N12O12. The van der Waals surface area contributed by atoms with Gasteiger partial charge in [0.2, 0.25) is 11.6 Å². The summed E-state index contributed by atoms with van der Waals surface area (Å²) in [5.41, 5.74) is 11.6. The number of aryl methyl sites for hydroxylation is 1. The van der Waals surface area contributed by atoms with Crippen LogP contribution in [0, 0.1) is 0 Å². The molecule has 18 rings (SSSR count). The minimum Gasteiger partial charge on any atom is -0.507 e. The number of aromatic amines is 1. The molecular weight excluding hydrogens is 1340 g/mol. The molecule has 4 spiro atoms. The Bertz CT molecular complexity index is 5010. The number of tetrazole rings is 2. The third kappa shape index (κ3) is 14.4. The first-order valence-corrected chi connectivity index (χ1v) is 35.6. The fraction of sp³-hybridized carbons (Fsp3) is 0.268. The molecule has 10 aromatic rings. The van der Waals surface area contributed by atoms with Gasteiger partial charge in [0.15, 0.2) is 0 Å². The molecule has 10 heterocycles. The first-order valence-electron chi connectivity index (χ1n) is 35.6. The van der Waals surface area contributed by atoms with Crippen molar-refractivity contribution in [2.24, 2.45) is 7.05 Å². The first-order chi connectivity index (χ1) is 51.6. The number of methoxy groups -OCH3 is 1. The van der Waals surface area contributed by atoms with Crippen molar-refractivity contribution in [1.82, 2.24) is 62.1 Å². The summed E-state index contributed by atoms with van der Waals surface area (Å²) in [5.74, 6) is 3.47. The minimum atomic E-state index is -0.953. The number of aromatic hydroxyl groups is 4. The molecule has 0 saturated carbocycles. The van der Waals surface area contributed by atoms with Gasteiger partial charge in [0, 0.05) is 62.5 Å². The number of rotatable bonds is 8. The number of carboxylic acid groups (broad SMARTS) is 1. The maximum atomic E-state index is 11.7. The predicted molar refractivity (Wildman–Crippen MR) is 398 cm³/mol. The van der Waals surface area contributed by atoms with Crippen LogP contribution >= 0.6 is 0 Å². The van der Waals surface area contributed by atoms with Crippen LogP contribution in [0.3, 0.4) is 0 Å². The molecule has 0 amide bonds. The lowest BCUT2D eigenvalue weighted by Crippen LogP contribution is -2.46. The summed E-state index contributed by atoms with van der Waals surface area (Å²) in [5, 5.41) is 90.8. The molecule has 106 heavy (non-hydrogen) atoms. The highest BCUT2D eigenvalue weighted by molar-refractivity contribution is 5.94. The number of carboxylic acids is 1. The van der Waals surface area contributed by atoms with Crippen molar-refractivity contribution in [3.63, 3.8) is 0 Å². The molecule has 540 valence electrons. The van der Waals surface area contributed by atoms with Crippen LogP contribution in [0.4, 0.5) is 0 Å². The molecule has 4 fully saturated rings. The topological polar surface area (TPSA) is 328 Å². The number of piperidine rings is 4. The SMILES string of the molecule is COC(=O)c1ccc(C2=CC3(CCNCC3)Oc3cccc(O)c32)cc1.Cn1nnc(-c2ccc(C3=CC4(CCNCC4)Oc4cccc(O)c43)cc2)n1.O=C(O)c1ccc(C2=CC3(CCNCC3)Oc3cccc(O)c32)cc1.Oc1cccc2c1C(c1ccc(-c3nn[nH]n3)cc1)=CC1(CCNCC1)O2. The van der Waals surface area contributed by atoms with Gasteiger partial charge in [0.25, 0.3) is 0 Å². The van der Waals surface area contributed by atoms with E-state index in [1.165, 1.54) is 11.9 Å². The summed E-state index contributed by atoms with van der Waals surface area (Å²) in [6.45, 7) is 7.16. The number of carbonyl (C=O) groups is 2. The van der Waals surface area contributed by atoms with E-state index in [0.29, 0.717) is 39.8 Å². The molecule has 2 aromatic heterocycles. The van der Waals surface area contributed by atoms with E-state index in [0.717, 1.165) is 182 Å². The number of phenols is 4. The van der Waals surface area contributed by atoms with Crippen LogP contribution in [-0.4, -0.2) is 160 Å². The van der Waals surface area contributed by atoms with E-state index in [-0.39, 0.29) is 51.3 Å². The van der Waals surface area contributed by atoms with E-state index < -0.39 is 11.6 Å². The highest BCUT2D eigenvalue weighted by Crippen LogP contribution is 2.51. The fourth-order valence-corrected chi connectivity index (χ4v) is 15.1. The molecule has 8 aliphatic rings. The van der Waals surface area contributed by atoms with Gasteiger partial charge in [-0.1, -0.05) is 97.1 Å². The second-order valence-electron chi connectivity index (χ2n) is 27.4. The Morgan fingerprint density at radius 3 is 0.991 bits per heavy atom. The molecule has 4 saturated heterocycles. The second-order valence-corrected chi connectivity index (χ2v) is 27.4. The zero-order valence-electron chi connectivity index (χ0n) is 58.5. The third-order valence-electron chi connectivity index (χ3n) is 20.6. The van der Waals surface area contributed by atoms with E-state index in [1.54, 1.807) is 79.8 Å². The number of H-pyrrole nitrogens is 1. The molecule has 0 aliphatic carbocycles. The highest BCUT2D eigenvalue weighted by atomic mass is 16.5. The number of aromatic nitrogens is 8. The maximum Gasteiger partial charge on any atom is 0.337 e. The van der Waals surface area contributed by atoms with Gasteiger partial charge in [-0.05, 0) is 204 Å². The summed E-state index contributed by atoms with van der Waals surface area (Å²) in [4.78, 5) is 24.2. The van der Waals surface area contributed by atoms with Crippen LogP contribution < -0.4 is 40.2 Å². The molecule has 8 aliphatic heterocycles. The lowest BCUT2D eigenvalue weighted by Gasteiger charge is -2.40. The number of aromatic carboxylic acids is 1. The van der Waals surface area contributed by atoms with Gasteiger partial charge in [-0.25, -0.2) is 9.59 Å². The number of hydrogen-bond donors (Lipinski definition) is 10. The van der Waals surface area contributed by atoms with E-state index in [1.807, 2.05) is 97.1 Å². The second kappa shape index (κ2) is 29.7. The van der Waals surface area contributed by atoms with Gasteiger partial charge in [-0.3, -0.25) is 0 Å². The van der Waals surface area contributed by atoms with Crippen molar-refractivity contribution >= 4 is 34.2 Å². The molecule has 0 unspecified atom stereocenters. The van der Waals surface area contributed by atoms with Crippen molar-refractivity contribution < 1.29 is 58.8 Å². The van der Waals surface area contributed by atoms with Gasteiger partial charge in [-0.15, -0.1) is 20.4 Å². The molecule has 0 radical (unpaired) electrons. The predicted octanol–water partition coefficient (Wildman–Crippen LogP) is 11.2. The Labute approximate surface area is 611 Å². The van der Waals surface area contributed by atoms with Gasteiger partial charge in [-0.2, -0.15) is 10.0 Å². The Kier molecular flexibility index (Phi) is 19.5. The zero-order valence-corrected chi connectivity index (χ0v) is 58.5. The Morgan fingerprint density at radius 2 is 0.708 bits per heavy atom. The van der Waals surface area contributed by atoms with E-state index in [2.05, 4.69) is 81.6 Å². The normalized spacial score (nSPS) is 17.9. The Morgan fingerprint density at radius 1 is 0.406 bits per heavy atom. The van der Waals surface area contributed by atoms with Crippen LogP contribution in [0.2, 0.25) is 0 Å². The number of phenolic OH excluding ortho intramolecular Hbond substituents is 4. The minimum absolute atomic E-state index is 0.162. The number of nitrogens with one attached hydrogen (secondary N) is 5. The molecule has 10 N–H and O–H groups in total. The number of ether oxygens (including phenoxy) is 5. The number of esters is 1. The van der Waals surface area contributed by atoms with Crippen molar-refractivity contribution in [3.05, 3.63) is 250 Å². The van der Waals surface area contributed by atoms with E-state index in [9.17, 15) is 30.0 Å². The maximum absolute atomic E-state index is 11.7. The van der Waals surface area contributed by atoms with Crippen molar-refractivity contribution in [3.8, 4) is 68.8 Å². The number of carbonyl (C=O) groups excluding carboxylic acids is 1. The standard InChI is InChI=1S/C21H21N5O2.C21H21NO4.C20H19N5O2.C20H19NO4/c1-26-24-20(23-25-26)15-7-5-14(6-8-15)16-13-21(9-11-22-12-10-21)28-18-4-2-3-17(27)19(16)18;1-25-20(24)15-7-5-14(6-8-15)16-13-21(9-11-22-12-10-21)26-18-4-2-3-17(23)19(16)18;26-16-2-1-3-17-18(16)15(12-20(27-17)8-10-21-11-9-20)13-4-6-14(7-5-13)19-22-24-25-23-19;22-16-2-1-3-17-18(16)15(12-20(25-17)8-10-21-11-9-20)13-4-6-14(7-5-13)19(23)24/h2-8,13,22,27H,9-12H2,1H3;2-8,13,22-23H,9-12H2,1H3;1-7,12,21,26H,8-11H2,(H,22,23,24,25);1-7,12,21-22H,8-11H2,(H,23,24). The van der Waals surface area contributed by atoms with Crippen LogP contribution in [0.15, 0.2) is 194 Å². The summed E-state index contributed by atoms with van der Waals surface area (Å²) >= 11 is 0. The van der Waals surface area contributed by atoms with Gasteiger partial charge in [0.05, 0.1) is 47.5 Å². The smallest absolute Gasteiger partial charge is 0.337 e. The van der Waals surface area contributed by atoms with Gasteiger partial charge >= 0.3 is 11.9 Å². The quantitative estimate of drug-likeness (QED) is 0.0632. The summed E-state index contributed by atoms with van der Waals surface area (Å²) in [6.07, 6.45) is 15.6. The fourth-order valence-electron chi connectivity index (χ4n) is 15.1. The number of hydrogen-bond acceptors (Lipinski definition) is 21. The van der Waals surface area contributed by atoms with Crippen LogP contribution in [0.25, 0.3) is 45.1 Å². The lowest BCUT2D eigenvalue weighted by atomic mass is 9.83. The third-order valence-corrected chi connectivity index (χ3v) is 20.6. The number of fused-ring (bicyclic) bond motifs is 4. The van der Waals surface area contributed by atoms with Crippen LogP contribution in [0.5, 0.6) is 46.0 Å². The van der Waals surface area contributed by atoms with Crippen molar-refractivity contribution in [2.75, 3.05) is 59.5 Å². The molecule has 24 nitrogen and oxygen atoms in total. The van der Waals surface area contributed by atoms with Gasteiger partial charge in [0.1, 0.15) is 68.4 Å². The Balaban J connectivity index is 0.000000113.